The SMILES string of the molecule is CCOC(=O)c1ccc(CN2C(=O)C(=O)/C(=C(/O)c3ccc(Br)cc3)C2c2ccc(O)cc2)cc1. The molecule has 3 aromatic rings. The van der Waals surface area contributed by atoms with E-state index < -0.39 is 23.7 Å². The molecule has 1 heterocycles. The normalized spacial score (nSPS) is 17.0. The van der Waals surface area contributed by atoms with Crippen LogP contribution in [-0.2, 0) is 20.9 Å². The van der Waals surface area contributed by atoms with Crippen molar-refractivity contribution in [1.29, 1.82) is 0 Å². The fourth-order valence-corrected chi connectivity index (χ4v) is 4.23. The van der Waals surface area contributed by atoms with Crippen molar-refractivity contribution in [2.75, 3.05) is 6.61 Å². The Morgan fingerprint density at radius 1 is 0.943 bits per heavy atom. The smallest absolute Gasteiger partial charge is 0.338 e. The van der Waals surface area contributed by atoms with Crippen LogP contribution in [0.1, 0.15) is 40.0 Å². The van der Waals surface area contributed by atoms with Gasteiger partial charge in [0, 0.05) is 16.6 Å². The molecule has 0 aromatic heterocycles. The van der Waals surface area contributed by atoms with Crippen LogP contribution in [0, 0.1) is 0 Å². The van der Waals surface area contributed by atoms with Gasteiger partial charge in [0.15, 0.2) is 0 Å². The number of phenols is 1. The Kier molecular flexibility index (Phi) is 7.02. The number of ether oxygens (including phenoxy) is 1. The number of likely N-dealkylation sites (tertiary alicyclic amines) is 1. The van der Waals surface area contributed by atoms with Gasteiger partial charge >= 0.3 is 5.97 Å². The number of hydrogen-bond acceptors (Lipinski definition) is 6. The lowest BCUT2D eigenvalue weighted by Gasteiger charge is -2.25. The van der Waals surface area contributed by atoms with Crippen molar-refractivity contribution in [3.05, 3.63) is 105 Å². The second kappa shape index (κ2) is 10.1. The first-order chi connectivity index (χ1) is 16.8. The van der Waals surface area contributed by atoms with E-state index in [9.17, 15) is 24.6 Å². The molecule has 1 amide bonds. The average Bonchev–Trinajstić information content (AvgIpc) is 3.10. The molecule has 4 rings (SSSR count). The lowest BCUT2D eigenvalue weighted by Crippen LogP contribution is -2.29. The van der Waals surface area contributed by atoms with E-state index in [0.29, 0.717) is 22.3 Å². The summed E-state index contributed by atoms with van der Waals surface area (Å²) in [4.78, 5) is 39.6. The van der Waals surface area contributed by atoms with Crippen LogP contribution in [-0.4, -0.2) is 39.4 Å². The van der Waals surface area contributed by atoms with Crippen molar-refractivity contribution >= 4 is 39.3 Å². The Morgan fingerprint density at radius 3 is 2.14 bits per heavy atom. The lowest BCUT2D eigenvalue weighted by atomic mass is 9.95. The van der Waals surface area contributed by atoms with E-state index in [1.54, 1.807) is 67.6 Å². The minimum atomic E-state index is -0.871. The number of aliphatic hydroxyl groups is 1. The van der Waals surface area contributed by atoms with Crippen LogP contribution in [0.3, 0.4) is 0 Å². The molecule has 0 saturated carbocycles. The Labute approximate surface area is 210 Å². The van der Waals surface area contributed by atoms with Gasteiger partial charge in [0.1, 0.15) is 11.5 Å². The van der Waals surface area contributed by atoms with E-state index in [1.807, 2.05) is 0 Å². The quantitative estimate of drug-likeness (QED) is 0.200. The predicted molar refractivity (Wildman–Crippen MR) is 132 cm³/mol. The summed E-state index contributed by atoms with van der Waals surface area (Å²) >= 11 is 3.34. The first kappa shape index (κ1) is 24.2. The third-order valence-electron chi connectivity index (χ3n) is 5.68. The summed E-state index contributed by atoms with van der Waals surface area (Å²) in [6.45, 7) is 2.05. The summed E-state index contributed by atoms with van der Waals surface area (Å²) in [6.07, 6.45) is 0. The number of aliphatic hydroxyl groups excluding tert-OH is 1. The minimum Gasteiger partial charge on any atom is -0.508 e. The molecule has 1 saturated heterocycles. The summed E-state index contributed by atoms with van der Waals surface area (Å²) in [5.41, 5.74) is 1.99. The maximum atomic E-state index is 13.1. The summed E-state index contributed by atoms with van der Waals surface area (Å²) in [5, 5.41) is 20.8. The van der Waals surface area contributed by atoms with E-state index in [1.165, 1.54) is 17.0 Å². The number of amides is 1. The molecular weight excluding hydrogens is 514 g/mol. The summed E-state index contributed by atoms with van der Waals surface area (Å²) < 4.78 is 5.80. The predicted octanol–water partition coefficient (Wildman–Crippen LogP) is 4.95. The maximum Gasteiger partial charge on any atom is 0.338 e. The number of phenolic OH excluding ortho intramolecular Hbond substituents is 1. The lowest BCUT2D eigenvalue weighted by molar-refractivity contribution is -0.140. The van der Waals surface area contributed by atoms with Crippen LogP contribution in [0.4, 0.5) is 0 Å². The third-order valence-corrected chi connectivity index (χ3v) is 6.21. The number of Topliss-reactive ketones (excluding diaryl/α,β-unsaturated/α-hetero) is 1. The zero-order chi connectivity index (χ0) is 25.1. The summed E-state index contributed by atoms with van der Waals surface area (Å²) in [6, 6.07) is 18.6. The molecule has 1 aliphatic heterocycles. The van der Waals surface area contributed by atoms with E-state index in [-0.39, 0.29) is 30.2 Å². The number of carbonyl (C=O) groups is 3. The number of ketones is 1. The fourth-order valence-electron chi connectivity index (χ4n) is 3.97. The average molecular weight is 536 g/mol. The number of nitrogens with zero attached hydrogens (tertiary/aromatic N) is 1. The maximum absolute atomic E-state index is 13.1. The molecule has 0 bridgehead atoms. The molecule has 2 N–H and O–H groups in total. The molecule has 3 aromatic carbocycles. The van der Waals surface area contributed by atoms with Gasteiger partial charge < -0.3 is 19.8 Å². The molecule has 7 nitrogen and oxygen atoms in total. The van der Waals surface area contributed by atoms with Crippen molar-refractivity contribution in [2.24, 2.45) is 0 Å². The van der Waals surface area contributed by atoms with Gasteiger partial charge in [0.25, 0.3) is 11.7 Å². The number of esters is 1. The molecule has 0 spiro atoms. The van der Waals surface area contributed by atoms with Crippen LogP contribution in [0.5, 0.6) is 5.75 Å². The first-order valence-electron chi connectivity index (χ1n) is 10.9. The van der Waals surface area contributed by atoms with E-state index >= 15 is 0 Å². The molecule has 35 heavy (non-hydrogen) atoms. The van der Waals surface area contributed by atoms with Crippen molar-refractivity contribution in [3.8, 4) is 5.75 Å². The molecule has 178 valence electrons. The second-order valence-electron chi connectivity index (χ2n) is 7.94. The molecule has 8 heteroatoms. The fraction of sp³-hybridized carbons (Fsp3) is 0.148. The molecule has 1 unspecified atom stereocenters. The number of carbonyl (C=O) groups excluding carboxylic acids is 3. The number of aromatic hydroxyl groups is 1. The molecule has 0 aliphatic carbocycles. The van der Waals surface area contributed by atoms with Gasteiger partial charge in [0.2, 0.25) is 0 Å². The standard InChI is InChI=1S/C27H22BrNO6/c1-2-35-27(34)19-5-3-16(4-6-19)15-29-23(17-9-13-21(30)14-10-17)22(25(32)26(29)33)24(31)18-7-11-20(28)12-8-18/h3-14,23,30-31H,2,15H2,1H3/b24-22+. The van der Waals surface area contributed by atoms with Gasteiger partial charge in [-0.3, -0.25) is 9.59 Å². The van der Waals surface area contributed by atoms with Crippen LogP contribution < -0.4 is 0 Å². The van der Waals surface area contributed by atoms with Crippen LogP contribution in [0.15, 0.2) is 82.8 Å². The Morgan fingerprint density at radius 2 is 1.54 bits per heavy atom. The van der Waals surface area contributed by atoms with Gasteiger partial charge in [-0.15, -0.1) is 0 Å². The van der Waals surface area contributed by atoms with Crippen molar-refractivity contribution in [3.63, 3.8) is 0 Å². The van der Waals surface area contributed by atoms with Gasteiger partial charge in [-0.1, -0.05) is 52.3 Å². The largest absolute Gasteiger partial charge is 0.508 e. The first-order valence-corrected chi connectivity index (χ1v) is 11.7. The van der Waals surface area contributed by atoms with Crippen LogP contribution >= 0.6 is 15.9 Å². The second-order valence-corrected chi connectivity index (χ2v) is 8.86. The third kappa shape index (κ3) is 4.97. The summed E-state index contributed by atoms with van der Waals surface area (Å²) in [7, 11) is 0. The number of benzene rings is 3. The highest BCUT2D eigenvalue weighted by molar-refractivity contribution is 9.10. The Bertz CT molecular complexity index is 1300. The minimum absolute atomic E-state index is 0.0353. The van der Waals surface area contributed by atoms with E-state index in [2.05, 4.69) is 15.9 Å². The van der Waals surface area contributed by atoms with E-state index in [4.69, 9.17) is 4.74 Å². The van der Waals surface area contributed by atoms with Gasteiger partial charge in [-0.2, -0.15) is 0 Å². The van der Waals surface area contributed by atoms with Gasteiger partial charge in [-0.05, 0) is 54.4 Å². The molecule has 0 radical (unpaired) electrons. The highest BCUT2D eigenvalue weighted by atomic mass is 79.9. The van der Waals surface area contributed by atoms with Crippen molar-refractivity contribution in [2.45, 2.75) is 19.5 Å². The number of hydrogen-bond donors (Lipinski definition) is 2. The molecule has 1 atom stereocenters. The Balaban J connectivity index is 1.75. The Hall–Kier alpha value is -3.91. The highest BCUT2D eigenvalue weighted by Crippen LogP contribution is 2.40. The molecule has 1 fully saturated rings. The van der Waals surface area contributed by atoms with Gasteiger partial charge in [-0.25, -0.2) is 4.79 Å². The monoisotopic (exact) mass is 535 g/mol. The summed E-state index contributed by atoms with van der Waals surface area (Å²) in [5.74, 6) is -2.25. The van der Waals surface area contributed by atoms with Crippen LogP contribution in [0.2, 0.25) is 0 Å². The number of halogens is 1. The van der Waals surface area contributed by atoms with Crippen LogP contribution in [0.25, 0.3) is 5.76 Å². The van der Waals surface area contributed by atoms with E-state index in [0.717, 1.165) is 4.47 Å². The molecule has 1 aliphatic rings. The van der Waals surface area contributed by atoms with Gasteiger partial charge in [0.05, 0.1) is 23.8 Å². The number of rotatable bonds is 6. The topological polar surface area (TPSA) is 104 Å². The van der Waals surface area contributed by atoms with Crippen molar-refractivity contribution in [1.82, 2.24) is 4.90 Å². The highest BCUT2D eigenvalue weighted by Gasteiger charge is 2.46. The zero-order valence-corrected chi connectivity index (χ0v) is 20.4. The molecular formula is C27H22BrNO6. The zero-order valence-electron chi connectivity index (χ0n) is 18.8. The van der Waals surface area contributed by atoms with Crippen molar-refractivity contribution < 1.29 is 29.3 Å².